The predicted molar refractivity (Wildman–Crippen MR) is 64.3 cm³/mol. The Morgan fingerprint density at radius 1 is 1.33 bits per heavy atom. The highest BCUT2D eigenvalue weighted by Gasteiger charge is 2.34. The molecular weight excluding hydrogens is 243 g/mol. The van der Waals surface area contributed by atoms with Crippen molar-refractivity contribution >= 4 is 0 Å². The first-order chi connectivity index (χ1) is 8.34. The SMILES string of the molecule is CC(C)=CCOc1ccc(CN)cc1C(F)(F)F. The first-order valence-corrected chi connectivity index (χ1v) is 5.51. The Hall–Kier alpha value is -1.49. The summed E-state index contributed by atoms with van der Waals surface area (Å²) >= 11 is 0. The average Bonchev–Trinajstić information content (AvgIpc) is 2.27. The molecule has 5 heteroatoms. The fourth-order valence-corrected chi connectivity index (χ4v) is 1.35. The van der Waals surface area contributed by atoms with Gasteiger partial charge in [-0.05, 0) is 37.6 Å². The summed E-state index contributed by atoms with van der Waals surface area (Å²) in [6, 6.07) is 3.87. The molecule has 0 atom stereocenters. The molecule has 0 amide bonds. The third kappa shape index (κ3) is 4.07. The average molecular weight is 259 g/mol. The zero-order valence-corrected chi connectivity index (χ0v) is 10.3. The van der Waals surface area contributed by atoms with Crippen molar-refractivity contribution in [1.29, 1.82) is 0 Å². The van der Waals surface area contributed by atoms with E-state index in [-0.39, 0.29) is 18.9 Å². The van der Waals surface area contributed by atoms with Crippen molar-refractivity contribution in [1.82, 2.24) is 0 Å². The molecule has 0 spiro atoms. The standard InChI is InChI=1S/C13H16F3NO/c1-9(2)5-6-18-12-4-3-10(8-17)7-11(12)13(14,15)16/h3-5,7H,6,8,17H2,1-2H3. The van der Waals surface area contributed by atoms with Crippen molar-refractivity contribution < 1.29 is 17.9 Å². The maximum atomic E-state index is 12.8. The Labute approximate surface area is 104 Å². The molecule has 1 rings (SSSR count). The number of hydrogen-bond donors (Lipinski definition) is 1. The number of hydrogen-bond acceptors (Lipinski definition) is 2. The van der Waals surface area contributed by atoms with Gasteiger partial charge < -0.3 is 10.5 Å². The maximum Gasteiger partial charge on any atom is 0.419 e. The van der Waals surface area contributed by atoms with Crippen molar-refractivity contribution in [3.05, 3.63) is 41.0 Å². The molecule has 2 nitrogen and oxygen atoms in total. The summed E-state index contributed by atoms with van der Waals surface area (Å²) in [6.07, 6.45) is -2.72. The highest BCUT2D eigenvalue weighted by Crippen LogP contribution is 2.36. The maximum absolute atomic E-state index is 12.8. The Morgan fingerprint density at radius 2 is 2.00 bits per heavy atom. The quantitative estimate of drug-likeness (QED) is 0.840. The molecule has 0 aliphatic rings. The Morgan fingerprint density at radius 3 is 2.50 bits per heavy atom. The van der Waals surface area contributed by atoms with E-state index in [0.717, 1.165) is 11.6 Å². The fraction of sp³-hybridized carbons (Fsp3) is 0.385. The lowest BCUT2D eigenvalue weighted by Gasteiger charge is -2.14. The van der Waals surface area contributed by atoms with Gasteiger partial charge in [0.2, 0.25) is 0 Å². The van der Waals surface area contributed by atoms with E-state index in [9.17, 15) is 13.2 Å². The van der Waals surface area contributed by atoms with Crippen LogP contribution in [0.15, 0.2) is 29.8 Å². The van der Waals surface area contributed by atoms with E-state index in [1.807, 2.05) is 13.8 Å². The van der Waals surface area contributed by atoms with Gasteiger partial charge in [-0.1, -0.05) is 11.6 Å². The molecule has 0 aliphatic heterocycles. The van der Waals surface area contributed by atoms with Gasteiger partial charge >= 0.3 is 6.18 Å². The molecule has 0 radical (unpaired) electrons. The Bertz CT molecular complexity index is 434. The van der Waals surface area contributed by atoms with Crippen molar-refractivity contribution in [2.24, 2.45) is 5.73 Å². The van der Waals surface area contributed by atoms with E-state index >= 15 is 0 Å². The monoisotopic (exact) mass is 259 g/mol. The van der Waals surface area contributed by atoms with Gasteiger partial charge in [0, 0.05) is 6.54 Å². The molecule has 1 aromatic rings. The summed E-state index contributed by atoms with van der Waals surface area (Å²) in [6.45, 7) is 3.89. The second-order valence-electron chi connectivity index (χ2n) is 4.12. The minimum absolute atomic E-state index is 0.0668. The van der Waals surface area contributed by atoms with Gasteiger partial charge in [-0.25, -0.2) is 0 Å². The third-order valence-electron chi connectivity index (χ3n) is 2.32. The van der Waals surface area contributed by atoms with Crippen LogP contribution in [0.4, 0.5) is 13.2 Å². The lowest BCUT2D eigenvalue weighted by Crippen LogP contribution is -2.10. The second-order valence-corrected chi connectivity index (χ2v) is 4.12. The van der Waals surface area contributed by atoms with Crippen molar-refractivity contribution in [2.45, 2.75) is 26.6 Å². The van der Waals surface area contributed by atoms with Crippen LogP contribution in [0.3, 0.4) is 0 Å². The van der Waals surface area contributed by atoms with Gasteiger partial charge in [0.1, 0.15) is 12.4 Å². The summed E-state index contributed by atoms with van der Waals surface area (Å²) in [4.78, 5) is 0. The summed E-state index contributed by atoms with van der Waals surface area (Å²) < 4.78 is 43.6. The van der Waals surface area contributed by atoms with Crippen LogP contribution in [-0.2, 0) is 12.7 Å². The number of alkyl halides is 3. The van der Waals surface area contributed by atoms with E-state index in [2.05, 4.69) is 0 Å². The lowest BCUT2D eigenvalue weighted by molar-refractivity contribution is -0.138. The summed E-state index contributed by atoms with van der Waals surface area (Å²) in [5.41, 5.74) is 5.97. The largest absolute Gasteiger partial charge is 0.489 e. The van der Waals surface area contributed by atoms with Gasteiger partial charge in [0.15, 0.2) is 0 Å². The van der Waals surface area contributed by atoms with E-state index in [4.69, 9.17) is 10.5 Å². The van der Waals surface area contributed by atoms with E-state index in [1.165, 1.54) is 12.1 Å². The molecule has 1 aromatic carbocycles. The van der Waals surface area contributed by atoms with Gasteiger partial charge in [0.05, 0.1) is 5.56 Å². The molecule has 0 bridgehead atoms. The molecule has 18 heavy (non-hydrogen) atoms. The van der Waals surface area contributed by atoms with Crippen LogP contribution < -0.4 is 10.5 Å². The number of benzene rings is 1. The first-order valence-electron chi connectivity index (χ1n) is 5.51. The number of halogens is 3. The fourth-order valence-electron chi connectivity index (χ4n) is 1.35. The third-order valence-corrected chi connectivity index (χ3v) is 2.32. The molecule has 0 aromatic heterocycles. The number of ether oxygens (including phenoxy) is 1. The van der Waals surface area contributed by atoms with Crippen LogP contribution in [0.2, 0.25) is 0 Å². The van der Waals surface area contributed by atoms with Crippen molar-refractivity contribution in [3.8, 4) is 5.75 Å². The summed E-state index contributed by atoms with van der Waals surface area (Å²) in [5.74, 6) is -0.169. The molecule has 0 heterocycles. The minimum Gasteiger partial charge on any atom is -0.489 e. The lowest BCUT2D eigenvalue weighted by atomic mass is 10.1. The van der Waals surface area contributed by atoms with Crippen LogP contribution in [0.25, 0.3) is 0 Å². The molecule has 0 fully saturated rings. The molecule has 2 N–H and O–H groups in total. The topological polar surface area (TPSA) is 35.2 Å². The van der Waals surface area contributed by atoms with Crippen LogP contribution in [0.1, 0.15) is 25.0 Å². The van der Waals surface area contributed by atoms with Crippen molar-refractivity contribution in [2.75, 3.05) is 6.61 Å². The number of allylic oxidation sites excluding steroid dienone is 1. The van der Waals surface area contributed by atoms with Gasteiger partial charge in [-0.3, -0.25) is 0 Å². The summed E-state index contributed by atoms with van der Waals surface area (Å²) in [7, 11) is 0. The Balaban J connectivity index is 3.00. The van der Waals surface area contributed by atoms with Gasteiger partial charge in [0.25, 0.3) is 0 Å². The van der Waals surface area contributed by atoms with Crippen LogP contribution in [0, 0.1) is 0 Å². The normalized spacial score (nSPS) is 11.2. The van der Waals surface area contributed by atoms with Crippen LogP contribution in [-0.4, -0.2) is 6.61 Å². The zero-order chi connectivity index (χ0) is 13.8. The molecule has 0 aliphatic carbocycles. The molecule has 100 valence electrons. The molecule has 0 saturated heterocycles. The van der Waals surface area contributed by atoms with Crippen LogP contribution >= 0.6 is 0 Å². The molecule has 0 saturated carbocycles. The molecule has 0 unspecified atom stereocenters. The highest BCUT2D eigenvalue weighted by molar-refractivity contribution is 5.39. The van der Waals surface area contributed by atoms with E-state index in [0.29, 0.717) is 5.56 Å². The van der Waals surface area contributed by atoms with Gasteiger partial charge in [-0.2, -0.15) is 13.2 Å². The first kappa shape index (κ1) is 14.6. The highest BCUT2D eigenvalue weighted by atomic mass is 19.4. The minimum atomic E-state index is -4.44. The summed E-state index contributed by atoms with van der Waals surface area (Å²) in [5, 5.41) is 0. The predicted octanol–water partition coefficient (Wildman–Crippen LogP) is 3.51. The van der Waals surface area contributed by atoms with E-state index in [1.54, 1.807) is 6.08 Å². The van der Waals surface area contributed by atoms with E-state index < -0.39 is 11.7 Å². The van der Waals surface area contributed by atoms with Crippen LogP contribution in [0.5, 0.6) is 5.75 Å². The second kappa shape index (κ2) is 5.91. The number of nitrogens with two attached hydrogens (primary N) is 1. The Kier molecular flexibility index (Phi) is 4.78. The smallest absolute Gasteiger partial charge is 0.419 e. The van der Waals surface area contributed by atoms with Crippen molar-refractivity contribution in [3.63, 3.8) is 0 Å². The molecular formula is C13H16F3NO. The van der Waals surface area contributed by atoms with Gasteiger partial charge in [-0.15, -0.1) is 0 Å². The number of rotatable bonds is 4. The zero-order valence-electron chi connectivity index (χ0n) is 10.3.